The third-order valence-electron chi connectivity index (χ3n) is 9.40. The van der Waals surface area contributed by atoms with Crippen LogP contribution >= 0.6 is 0 Å². The van der Waals surface area contributed by atoms with Gasteiger partial charge in [-0.15, -0.1) is 0 Å². The summed E-state index contributed by atoms with van der Waals surface area (Å²) in [5.41, 5.74) is 8.43. The van der Waals surface area contributed by atoms with E-state index in [-0.39, 0.29) is 17.9 Å². The molecule has 43 heavy (non-hydrogen) atoms. The number of benzene rings is 3. The second-order valence-corrected chi connectivity index (χ2v) is 11.7. The number of aromatic nitrogens is 3. The number of carbonyl (C=O) groups is 3. The minimum absolute atomic E-state index is 0.0145. The van der Waals surface area contributed by atoms with E-state index in [9.17, 15) is 19.5 Å². The zero-order valence-electron chi connectivity index (χ0n) is 22.8. The zero-order chi connectivity index (χ0) is 29.0. The van der Waals surface area contributed by atoms with Crippen molar-refractivity contribution in [2.24, 2.45) is 0 Å². The van der Waals surface area contributed by atoms with Crippen molar-refractivity contribution in [3.05, 3.63) is 89.9 Å². The number of hydrogen-bond acceptors (Lipinski definition) is 6. The molecule has 0 radical (unpaired) electrons. The maximum atomic E-state index is 13.8. The van der Waals surface area contributed by atoms with Gasteiger partial charge in [0.15, 0.2) is 0 Å². The van der Waals surface area contributed by atoms with Crippen LogP contribution in [0, 0.1) is 0 Å². The lowest BCUT2D eigenvalue weighted by molar-refractivity contribution is -0.137. The average Bonchev–Trinajstić information content (AvgIpc) is 3.84. The monoisotopic (exact) mass is 570 g/mol. The Hall–Kier alpha value is -5.51. The molecule has 3 aliphatic heterocycles. The number of aliphatic carboxylic acids is 1. The van der Waals surface area contributed by atoms with Gasteiger partial charge in [-0.3, -0.25) is 18.7 Å². The summed E-state index contributed by atoms with van der Waals surface area (Å²) in [6, 6.07) is 16.1. The van der Waals surface area contributed by atoms with Crippen LogP contribution in [0.5, 0.6) is 0 Å². The molecule has 10 nitrogen and oxygen atoms in total. The van der Waals surface area contributed by atoms with Crippen LogP contribution < -0.4 is 16.0 Å². The molecule has 0 bridgehead atoms. The third-order valence-corrected chi connectivity index (χ3v) is 9.40. The predicted octanol–water partition coefficient (Wildman–Crippen LogP) is 4.85. The molecule has 9 rings (SSSR count). The predicted molar refractivity (Wildman–Crippen MR) is 164 cm³/mol. The van der Waals surface area contributed by atoms with Gasteiger partial charge < -0.3 is 26.0 Å². The van der Waals surface area contributed by atoms with E-state index in [1.54, 1.807) is 15.3 Å². The first-order valence-electron chi connectivity index (χ1n) is 14.4. The number of nitrogens with zero attached hydrogens (tertiary/aromatic N) is 2. The van der Waals surface area contributed by atoms with Crippen molar-refractivity contribution in [3.63, 3.8) is 0 Å². The van der Waals surface area contributed by atoms with E-state index in [0.29, 0.717) is 19.3 Å². The number of carboxylic acid groups (broad SMARTS) is 1. The van der Waals surface area contributed by atoms with Gasteiger partial charge in [-0.05, 0) is 71.3 Å². The molecule has 212 valence electrons. The van der Waals surface area contributed by atoms with Crippen molar-refractivity contribution in [2.75, 3.05) is 16.0 Å². The molecule has 3 atom stereocenters. The lowest BCUT2D eigenvalue weighted by atomic mass is 10.0. The number of fused-ring (bicyclic) bond motifs is 9. The fourth-order valence-corrected chi connectivity index (χ4v) is 7.31. The molecule has 0 saturated carbocycles. The van der Waals surface area contributed by atoms with Crippen molar-refractivity contribution < 1.29 is 19.5 Å². The number of carboxylic acids is 1. The van der Waals surface area contributed by atoms with Gasteiger partial charge in [0.1, 0.15) is 18.1 Å². The van der Waals surface area contributed by atoms with E-state index in [0.717, 1.165) is 66.5 Å². The molecule has 3 aliphatic rings. The van der Waals surface area contributed by atoms with Gasteiger partial charge in [-0.2, -0.15) is 0 Å². The van der Waals surface area contributed by atoms with Crippen LogP contribution in [0.15, 0.2) is 73.2 Å². The first kappa shape index (κ1) is 24.1. The van der Waals surface area contributed by atoms with E-state index in [1.165, 1.54) is 0 Å². The van der Waals surface area contributed by atoms with Crippen LogP contribution in [0.25, 0.3) is 32.7 Å². The minimum Gasteiger partial charge on any atom is -0.480 e. The fraction of sp³-hybridized carbons (Fsp3) is 0.182. The Kier molecular flexibility index (Phi) is 4.77. The molecule has 3 aromatic carbocycles. The van der Waals surface area contributed by atoms with Gasteiger partial charge in [-0.25, -0.2) is 4.79 Å². The number of H-pyrrole nitrogens is 1. The van der Waals surface area contributed by atoms with Crippen LogP contribution in [0.1, 0.15) is 26.3 Å². The molecule has 0 saturated heterocycles. The first-order valence-corrected chi connectivity index (χ1v) is 14.4. The van der Waals surface area contributed by atoms with Gasteiger partial charge >= 0.3 is 5.97 Å². The highest BCUT2D eigenvalue weighted by atomic mass is 16.4. The van der Waals surface area contributed by atoms with Crippen LogP contribution in [0.3, 0.4) is 0 Å². The zero-order valence-corrected chi connectivity index (χ0v) is 22.8. The van der Waals surface area contributed by atoms with Crippen LogP contribution in [-0.4, -0.2) is 55.1 Å². The summed E-state index contributed by atoms with van der Waals surface area (Å²) in [7, 11) is 0. The number of nitrogens with one attached hydrogen (secondary N) is 4. The quantitative estimate of drug-likeness (QED) is 0.205. The highest BCUT2D eigenvalue weighted by Gasteiger charge is 2.34. The lowest BCUT2D eigenvalue weighted by Gasteiger charge is -2.12. The van der Waals surface area contributed by atoms with E-state index >= 15 is 0 Å². The number of hydrogen-bond donors (Lipinski definition) is 5. The molecular weight excluding hydrogens is 544 g/mol. The highest BCUT2D eigenvalue weighted by molar-refractivity contribution is 6.04. The Morgan fingerprint density at radius 3 is 1.65 bits per heavy atom. The van der Waals surface area contributed by atoms with Crippen molar-refractivity contribution >= 4 is 67.6 Å². The van der Waals surface area contributed by atoms with E-state index in [2.05, 4.69) is 27.0 Å². The van der Waals surface area contributed by atoms with E-state index < -0.39 is 18.1 Å². The van der Waals surface area contributed by atoms with Crippen LogP contribution in [0.4, 0.5) is 17.1 Å². The Morgan fingerprint density at radius 1 is 0.605 bits per heavy atom. The summed E-state index contributed by atoms with van der Waals surface area (Å²) < 4.78 is 3.38. The molecule has 0 spiro atoms. The summed E-state index contributed by atoms with van der Waals surface area (Å²) in [6.45, 7) is 0. The molecule has 3 unspecified atom stereocenters. The topological polar surface area (TPSA) is 133 Å². The standard InChI is InChI=1S/C33H26N6O4/c40-31(26-13-19-16-7-10-34-22(16)1-2-23(19)35-26)38-11-8-17-20-14-27(36-24(20)3-5-29(17)38)32(41)39-12-9-18-21-15-28(33(42)43)37-25(21)4-6-30(18)39/h1-12,26-28,34-37H,13-15H2,(H,42,43). The van der Waals surface area contributed by atoms with Gasteiger partial charge in [-0.1, -0.05) is 0 Å². The SMILES string of the molecule is O=C(O)C1Cc2c(ccc3c2ccn3C(=O)C2Cc3c(ccc4c3ccn4C(=O)C3Cc4c(ccc5[nH]ccc45)N3)N2)N1. The van der Waals surface area contributed by atoms with Crippen LogP contribution in [0.2, 0.25) is 0 Å². The maximum Gasteiger partial charge on any atom is 0.326 e. The molecule has 10 heteroatoms. The number of aromatic amines is 1. The highest BCUT2D eigenvalue weighted by Crippen LogP contribution is 2.38. The number of anilines is 3. The van der Waals surface area contributed by atoms with Crippen molar-refractivity contribution in [1.82, 2.24) is 14.1 Å². The average molecular weight is 571 g/mol. The van der Waals surface area contributed by atoms with Gasteiger partial charge in [0, 0.05) is 76.6 Å². The normalized spacial score (nSPS) is 20.0. The van der Waals surface area contributed by atoms with Crippen molar-refractivity contribution in [2.45, 2.75) is 37.4 Å². The summed E-state index contributed by atoms with van der Waals surface area (Å²) in [5.74, 6) is -0.990. The van der Waals surface area contributed by atoms with Crippen molar-refractivity contribution in [3.8, 4) is 0 Å². The van der Waals surface area contributed by atoms with Gasteiger partial charge in [0.05, 0.1) is 11.0 Å². The molecular formula is C33H26N6O4. The smallest absolute Gasteiger partial charge is 0.326 e. The number of carbonyl (C=O) groups excluding carboxylic acids is 2. The Bertz CT molecular complexity index is 2200. The summed E-state index contributed by atoms with van der Waals surface area (Å²) in [5, 5.41) is 22.3. The van der Waals surface area contributed by atoms with E-state index in [1.807, 2.05) is 60.9 Å². The Labute approximate surface area is 244 Å². The lowest BCUT2D eigenvalue weighted by Crippen LogP contribution is -2.31. The summed E-state index contributed by atoms with van der Waals surface area (Å²) in [4.78, 5) is 42.3. The molecule has 3 aromatic heterocycles. The molecule has 0 amide bonds. The summed E-state index contributed by atoms with van der Waals surface area (Å²) >= 11 is 0. The number of rotatable bonds is 3. The van der Waals surface area contributed by atoms with Crippen LogP contribution in [-0.2, 0) is 24.1 Å². The first-order chi connectivity index (χ1) is 20.9. The largest absolute Gasteiger partial charge is 0.480 e. The molecule has 0 aliphatic carbocycles. The Balaban J connectivity index is 0.988. The summed E-state index contributed by atoms with van der Waals surface area (Å²) in [6.07, 6.45) is 7.01. The molecule has 6 heterocycles. The Morgan fingerprint density at radius 2 is 1.09 bits per heavy atom. The van der Waals surface area contributed by atoms with E-state index in [4.69, 9.17) is 0 Å². The van der Waals surface area contributed by atoms with Gasteiger partial charge in [0.25, 0.3) is 11.8 Å². The maximum absolute atomic E-state index is 13.8. The molecule has 0 fully saturated rings. The second-order valence-electron chi connectivity index (χ2n) is 11.7. The minimum atomic E-state index is -0.891. The third kappa shape index (κ3) is 3.37. The molecule has 5 N–H and O–H groups in total. The molecule has 6 aromatic rings. The fourth-order valence-electron chi connectivity index (χ4n) is 7.31. The van der Waals surface area contributed by atoms with Gasteiger partial charge in [0.2, 0.25) is 0 Å². The second kappa shape index (κ2) is 8.51. The van der Waals surface area contributed by atoms with Crippen molar-refractivity contribution in [1.29, 1.82) is 0 Å².